The van der Waals surface area contributed by atoms with Gasteiger partial charge in [0.05, 0.1) is 0 Å². The molecule has 0 bridgehead atoms. The number of esters is 1. The van der Waals surface area contributed by atoms with Gasteiger partial charge in [0.2, 0.25) is 0 Å². The molecule has 0 aliphatic rings. The van der Waals surface area contributed by atoms with Crippen molar-refractivity contribution < 1.29 is 29.3 Å². The summed E-state index contributed by atoms with van der Waals surface area (Å²) >= 11 is 0. The van der Waals surface area contributed by atoms with Crippen molar-refractivity contribution in [1.82, 2.24) is 0 Å². The summed E-state index contributed by atoms with van der Waals surface area (Å²) < 4.78 is 4.30. The van der Waals surface area contributed by atoms with Crippen LogP contribution in [-0.4, -0.2) is 34.2 Å². The summed E-state index contributed by atoms with van der Waals surface area (Å²) in [6.07, 6.45) is 0.643. The average molecular weight is 216 g/mol. The van der Waals surface area contributed by atoms with Crippen LogP contribution in [0.25, 0.3) is 0 Å². The van der Waals surface area contributed by atoms with Gasteiger partial charge in [-0.2, -0.15) is 0 Å². The zero-order chi connectivity index (χ0) is 12.4. The van der Waals surface area contributed by atoms with Crippen LogP contribution in [0.1, 0.15) is 6.92 Å². The molecule has 0 aliphatic carbocycles. The number of aliphatic carboxylic acids is 2. The van der Waals surface area contributed by atoms with E-state index in [1.54, 1.807) is 0 Å². The van der Waals surface area contributed by atoms with Gasteiger partial charge in [-0.15, -0.1) is 0 Å². The van der Waals surface area contributed by atoms with Gasteiger partial charge in [0, 0.05) is 12.2 Å². The molecule has 84 valence electrons. The second kappa shape index (κ2) is 8.49. The minimum absolute atomic E-state index is 0.727. The molecule has 2 N–H and O–H groups in total. The lowest BCUT2D eigenvalue weighted by Crippen LogP contribution is -2.22. The van der Waals surface area contributed by atoms with E-state index in [1.807, 2.05) is 0 Å². The van der Waals surface area contributed by atoms with E-state index in [0.29, 0.717) is 0 Å². The Hall–Kier alpha value is -2.11. The number of carboxylic acids is 2. The lowest BCUT2D eigenvalue weighted by Gasteiger charge is -2.04. The summed E-state index contributed by atoms with van der Waals surface area (Å²) in [5, 5.41) is 15.8. The molecule has 0 saturated carbocycles. The topological polar surface area (TPSA) is 101 Å². The molecular weight excluding hydrogens is 204 g/mol. The molecule has 0 saturated heterocycles. The largest absolute Gasteiger partial charge is 0.479 e. The molecule has 0 fully saturated rings. The number of carbonyl (C=O) groups is 3. The summed E-state index contributed by atoms with van der Waals surface area (Å²) in [6, 6.07) is 0. The number of rotatable bonds is 4. The Morgan fingerprint density at radius 2 is 1.60 bits per heavy atom. The summed E-state index contributed by atoms with van der Waals surface area (Å²) in [5.41, 5.74) is 0. The maximum atomic E-state index is 10.3. The van der Waals surface area contributed by atoms with Crippen molar-refractivity contribution in [3.63, 3.8) is 0 Å². The third-order valence-electron chi connectivity index (χ3n) is 0.982. The first-order valence-electron chi connectivity index (χ1n) is 3.76. The quantitative estimate of drug-likeness (QED) is 0.522. The Morgan fingerprint density at radius 3 is 1.80 bits per heavy atom. The zero-order valence-corrected chi connectivity index (χ0v) is 8.17. The van der Waals surface area contributed by atoms with Crippen molar-refractivity contribution in [2.75, 3.05) is 0 Å². The van der Waals surface area contributed by atoms with E-state index in [0.717, 1.165) is 12.2 Å². The van der Waals surface area contributed by atoms with Crippen molar-refractivity contribution in [3.8, 4) is 0 Å². The molecule has 6 heteroatoms. The third-order valence-corrected chi connectivity index (χ3v) is 0.982. The highest BCUT2D eigenvalue weighted by Gasteiger charge is 2.13. The first-order chi connectivity index (χ1) is 6.84. The Morgan fingerprint density at radius 1 is 1.20 bits per heavy atom. The predicted molar refractivity (Wildman–Crippen MR) is 51.2 cm³/mol. The molecule has 1 atom stereocenters. The average Bonchev–Trinajstić information content (AvgIpc) is 2.18. The molecule has 0 aromatic carbocycles. The fourth-order valence-electron chi connectivity index (χ4n) is 0.273. The van der Waals surface area contributed by atoms with Gasteiger partial charge in [-0.1, -0.05) is 13.2 Å². The molecule has 0 heterocycles. The van der Waals surface area contributed by atoms with Gasteiger partial charge in [0.1, 0.15) is 0 Å². The van der Waals surface area contributed by atoms with E-state index in [4.69, 9.17) is 10.2 Å². The first kappa shape index (κ1) is 15.4. The summed E-state index contributed by atoms with van der Waals surface area (Å²) in [7, 11) is 0. The van der Waals surface area contributed by atoms with Gasteiger partial charge in [0.15, 0.2) is 6.10 Å². The van der Waals surface area contributed by atoms with E-state index < -0.39 is 24.0 Å². The second-order valence-electron chi connectivity index (χ2n) is 2.16. The van der Waals surface area contributed by atoms with Crippen LogP contribution in [0.5, 0.6) is 0 Å². The highest BCUT2D eigenvalue weighted by Crippen LogP contribution is 1.90. The van der Waals surface area contributed by atoms with Gasteiger partial charge in [-0.05, 0) is 6.92 Å². The van der Waals surface area contributed by atoms with Gasteiger partial charge in [-0.25, -0.2) is 14.4 Å². The molecule has 0 rings (SSSR count). The normalized spacial score (nSPS) is 9.93. The van der Waals surface area contributed by atoms with Crippen LogP contribution in [0, 0.1) is 0 Å². The van der Waals surface area contributed by atoms with Crippen LogP contribution in [-0.2, 0) is 19.1 Å². The Bertz CT molecular complexity index is 268. The molecule has 0 radical (unpaired) electrons. The van der Waals surface area contributed by atoms with Crippen LogP contribution >= 0.6 is 0 Å². The third kappa shape index (κ3) is 11.9. The lowest BCUT2D eigenvalue weighted by atomic mass is 10.4. The van der Waals surface area contributed by atoms with E-state index in [1.165, 1.54) is 6.92 Å². The molecule has 0 amide bonds. The zero-order valence-electron chi connectivity index (χ0n) is 8.17. The molecule has 6 nitrogen and oxygen atoms in total. The van der Waals surface area contributed by atoms with Crippen LogP contribution in [0.2, 0.25) is 0 Å². The maximum Gasteiger partial charge on any atom is 0.344 e. The number of hydrogen-bond donors (Lipinski definition) is 2. The molecule has 15 heavy (non-hydrogen) atoms. The number of carbonyl (C=O) groups excluding carboxylic acids is 1. The minimum atomic E-state index is -1.17. The van der Waals surface area contributed by atoms with Crippen LogP contribution in [0.3, 0.4) is 0 Å². The fourth-order valence-corrected chi connectivity index (χ4v) is 0.273. The Balaban J connectivity index is 0. The minimum Gasteiger partial charge on any atom is -0.479 e. The van der Waals surface area contributed by atoms with Crippen LogP contribution < -0.4 is 0 Å². The van der Waals surface area contributed by atoms with E-state index in [9.17, 15) is 14.4 Å². The molecular formula is C9H12O6. The van der Waals surface area contributed by atoms with Crippen molar-refractivity contribution in [2.24, 2.45) is 0 Å². The van der Waals surface area contributed by atoms with Gasteiger partial charge in [0.25, 0.3) is 0 Å². The van der Waals surface area contributed by atoms with E-state index in [2.05, 4.69) is 17.9 Å². The number of hydrogen-bond acceptors (Lipinski definition) is 4. The van der Waals surface area contributed by atoms with Gasteiger partial charge in [-0.3, -0.25) is 0 Å². The lowest BCUT2D eigenvalue weighted by molar-refractivity contribution is -0.159. The summed E-state index contributed by atoms with van der Waals surface area (Å²) in [4.78, 5) is 29.6. The highest BCUT2D eigenvalue weighted by atomic mass is 16.6. The van der Waals surface area contributed by atoms with Crippen LogP contribution in [0.4, 0.5) is 0 Å². The van der Waals surface area contributed by atoms with Crippen LogP contribution in [0.15, 0.2) is 25.3 Å². The number of carboxylic acid groups (broad SMARTS) is 2. The molecule has 1 unspecified atom stereocenters. The summed E-state index contributed by atoms with van der Waals surface area (Å²) in [5.74, 6) is -2.88. The standard InChI is InChI=1S/C6H8O4.C3H4O2/c1-3-5(7)10-4(2)6(8)9;1-2-3(4)5/h3-4H,1H2,2H3,(H,8,9);2H,1H2,(H,4,5). The van der Waals surface area contributed by atoms with E-state index >= 15 is 0 Å². The molecule has 0 aliphatic heterocycles. The van der Waals surface area contributed by atoms with Gasteiger partial charge >= 0.3 is 17.9 Å². The molecule has 0 aromatic heterocycles. The molecule has 0 spiro atoms. The summed E-state index contributed by atoms with van der Waals surface area (Å²) in [6.45, 7) is 7.33. The maximum absolute atomic E-state index is 10.3. The Kier molecular flexibility index (Phi) is 8.69. The molecule has 0 aromatic rings. The second-order valence-corrected chi connectivity index (χ2v) is 2.16. The SMILES string of the molecule is C=CC(=O)O.C=CC(=O)OC(C)C(=O)O. The van der Waals surface area contributed by atoms with Crippen molar-refractivity contribution in [2.45, 2.75) is 13.0 Å². The number of ether oxygens (including phenoxy) is 1. The van der Waals surface area contributed by atoms with Gasteiger partial charge < -0.3 is 14.9 Å². The highest BCUT2D eigenvalue weighted by molar-refractivity contribution is 5.84. The smallest absolute Gasteiger partial charge is 0.344 e. The fraction of sp³-hybridized carbons (Fsp3) is 0.222. The van der Waals surface area contributed by atoms with Crippen molar-refractivity contribution in [3.05, 3.63) is 25.3 Å². The van der Waals surface area contributed by atoms with Crippen molar-refractivity contribution >= 4 is 17.9 Å². The van der Waals surface area contributed by atoms with Crippen molar-refractivity contribution in [1.29, 1.82) is 0 Å². The first-order valence-corrected chi connectivity index (χ1v) is 3.76. The van der Waals surface area contributed by atoms with E-state index in [-0.39, 0.29) is 0 Å². The predicted octanol–water partition coefficient (Wildman–Crippen LogP) is 0.446. The Labute approximate surface area is 86.5 Å². The monoisotopic (exact) mass is 216 g/mol.